The molecule has 6 rings (SSSR count). The topological polar surface area (TPSA) is 28.4 Å². The van der Waals surface area contributed by atoms with Gasteiger partial charge in [0.2, 0.25) is 0 Å². The summed E-state index contributed by atoms with van der Waals surface area (Å²) in [5, 5.41) is 5.79. The fourth-order valence-electron chi connectivity index (χ4n) is 4.27. The minimum absolute atomic E-state index is 0.901. The van der Waals surface area contributed by atoms with Crippen LogP contribution < -0.4 is 10.2 Å². The molecular weight excluding hydrogens is 404 g/mol. The predicted molar refractivity (Wildman–Crippen MR) is 138 cm³/mol. The van der Waals surface area contributed by atoms with Gasteiger partial charge in [0, 0.05) is 39.2 Å². The summed E-state index contributed by atoms with van der Waals surface area (Å²) in [6.07, 6.45) is 0. The van der Waals surface area contributed by atoms with Crippen molar-refractivity contribution in [1.29, 1.82) is 0 Å². The second-order valence-electron chi connectivity index (χ2n) is 7.99. The van der Waals surface area contributed by atoms with Crippen LogP contribution in [0, 0.1) is 0 Å². The van der Waals surface area contributed by atoms with Crippen LogP contribution in [0.1, 0.15) is 0 Å². The zero-order valence-electron chi connectivity index (χ0n) is 18.0. The van der Waals surface area contributed by atoms with Crippen molar-refractivity contribution in [3.63, 3.8) is 0 Å². The average Bonchev–Trinajstić information content (AvgIpc) is 3.25. The van der Waals surface area contributed by atoms with Gasteiger partial charge < -0.3 is 14.6 Å². The lowest BCUT2D eigenvalue weighted by molar-refractivity contribution is 0.669. The first-order chi connectivity index (χ1) is 16.3. The Hall–Kier alpha value is -4.50. The first-order valence-corrected chi connectivity index (χ1v) is 11.0. The SMILES string of the molecule is c1ccc(N(c2ccccc2)c2ccc(Nc3ccc4oc5ccccc5c4c3)cc2)cc1. The molecule has 3 heteroatoms. The van der Waals surface area contributed by atoms with Gasteiger partial charge in [0.1, 0.15) is 11.2 Å². The monoisotopic (exact) mass is 426 g/mol. The average molecular weight is 427 g/mol. The van der Waals surface area contributed by atoms with E-state index >= 15 is 0 Å². The largest absolute Gasteiger partial charge is 0.456 e. The summed E-state index contributed by atoms with van der Waals surface area (Å²) in [5.41, 5.74) is 7.24. The number of hydrogen-bond acceptors (Lipinski definition) is 3. The van der Waals surface area contributed by atoms with Gasteiger partial charge in [0.05, 0.1) is 0 Å². The molecule has 0 aliphatic rings. The predicted octanol–water partition coefficient (Wildman–Crippen LogP) is 8.80. The Labute approximate surface area is 192 Å². The van der Waals surface area contributed by atoms with Crippen molar-refractivity contribution in [2.24, 2.45) is 0 Å². The van der Waals surface area contributed by atoms with Crippen LogP contribution in [-0.2, 0) is 0 Å². The Morgan fingerprint density at radius 1 is 0.455 bits per heavy atom. The fourth-order valence-corrected chi connectivity index (χ4v) is 4.27. The van der Waals surface area contributed by atoms with E-state index in [9.17, 15) is 0 Å². The molecule has 3 nitrogen and oxygen atoms in total. The highest BCUT2D eigenvalue weighted by Gasteiger charge is 2.12. The minimum atomic E-state index is 0.901. The Kier molecular flexibility index (Phi) is 4.78. The maximum Gasteiger partial charge on any atom is 0.135 e. The zero-order valence-corrected chi connectivity index (χ0v) is 18.0. The van der Waals surface area contributed by atoms with Gasteiger partial charge in [-0.2, -0.15) is 0 Å². The standard InChI is InChI=1S/C30H22N2O/c1-3-9-24(10-4-1)32(25-11-5-2-6-12-25)26-18-15-22(16-19-26)31-23-17-20-30-28(21-23)27-13-7-8-14-29(27)33-30/h1-21,31H. The third-order valence-electron chi connectivity index (χ3n) is 5.82. The second kappa shape index (κ2) is 8.21. The molecule has 1 aromatic heterocycles. The molecule has 0 aliphatic heterocycles. The van der Waals surface area contributed by atoms with Gasteiger partial charge in [0.25, 0.3) is 0 Å². The first kappa shape index (κ1) is 19.2. The molecule has 1 N–H and O–H groups in total. The van der Waals surface area contributed by atoms with Crippen LogP contribution in [-0.4, -0.2) is 0 Å². The van der Waals surface area contributed by atoms with Crippen LogP contribution in [0.5, 0.6) is 0 Å². The highest BCUT2D eigenvalue weighted by molar-refractivity contribution is 6.06. The maximum absolute atomic E-state index is 5.95. The number of nitrogens with one attached hydrogen (secondary N) is 1. The normalized spacial score (nSPS) is 11.0. The van der Waals surface area contributed by atoms with Gasteiger partial charge in [-0.15, -0.1) is 0 Å². The smallest absolute Gasteiger partial charge is 0.135 e. The highest BCUT2D eigenvalue weighted by Crippen LogP contribution is 2.35. The zero-order chi connectivity index (χ0) is 22.0. The van der Waals surface area contributed by atoms with Crippen molar-refractivity contribution < 1.29 is 4.42 Å². The number of para-hydroxylation sites is 3. The Balaban J connectivity index is 1.32. The highest BCUT2D eigenvalue weighted by atomic mass is 16.3. The van der Waals surface area contributed by atoms with Gasteiger partial charge >= 0.3 is 0 Å². The van der Waals surface area contributed by atoms with Crippen molar-refractivity contribution in [3.05, 3.63) is 127 Å². The van der Waals surface area contributed by atoms with Crippen molar-refractivity contribution in [2.45, 2.75) is 0 Å². The number of benzene rings is 5. The lowest BCUT2D eigenvalue weighted by Crippen LogP contribution is -2.09. The molecular formula is C30H22N2O. The second-order valence-corrected chi connectivity index (χ2v) is 7.99. The number of furan rings is 1. The molecule has 0 saturated heterocycles. The number of fused-ring (bicyclic) bond motifs is 3. The summed E-state index contributed by atoms with van der Waals surface area (Å²) in [6.45, 7) is 0. The summed E-state index contributed by atoms with van der Waals surface area (Å²) >= 11 is 0. The van der Waals surface area contributed by atoms with Crippen LogP contribution in [0.15, 0.2) is 132 Å². The molecule has 33 heavy (non-hydrogen) atoms. The molecule has 0 spiro atoms. The van der Waals surface area contributed by atoms with E-state index in [2.05, 4.69) is 101 Å². The lowest BCUT2D eigenvalue weighted by atomic mass is 10.1. The summed E-state index contributed by atoms with van der Waals surface area (Å²) in [7, 11) is 0. The van der Waals surface area contributed by atoms with E-state index < -0.39 is 0 Å². The first-order valence-electron chi connectivity index (χ1n) is 11.0. The van der Waals surface area contributed by atoms with Crippen LogP contribution in [0.25, 0.3) is 21.9 Å². The van der Waals surface area contributed by atoms with Crippen LogP contribution >= 0.6 is 0 Å². The van der Waals surface area contributed by atoms with E-state index in [1.165, 1.54) is 0 Å². The van der Waals surface area contributed by atoms with Crippen molar-refractivity contribution in [3.8, 4) is 0 Å². The Morgan fingerprint density at radius 2 is 1.00 bits per heavy atom. The molecule has 0 bridgehead atoms. The molecule has 6 aromatic rings. The van der Waals surface area contributed by atoms with E-state index in [0.717, 1.165) is 50.4 Å². The Morgan fingerprint density at radius 3 is 1.70 bits per heavy atom. The Bertz CT molecular complexity index is 1480. The van der Waals surface area contributed by atoms with Gasteiger partial charge in [-0.3, -0.25) is 0 Å². The van der Waals surface area contributed by atoms with Crippen molar-refractivity contribution in [2.75, 3.05) is 10.2 Å². The van der Waals surface area contributed by atoms with E-state index in [1.54, 1.807) is 0 Å². The molecule has 0 aliphatic carbocycles. The molecule has 0 fully saturated rings. The summed E-state index contributed by atoms with van der Waals surface area (Å²) in [4.78, 5) is 2.26. The molecule has 0 saturated carbocycles. The fraction of sp³-hybridized carbons (Fsp3) is 0. The number of rotatable bonds is 5. The third-order valence-corrected chi connectivity index (χ3v) is 5.82. The number of hydrogen-bond donors (Lipinski definition) is 1. The molecule has 0 unspecified atom stereocenters. The van der Waals surface area contributed by atoms with Crippen molar-refractivity contribution >= 4 is 50.4 Å². The molecule has 1 heterocycles. The third kappa shape index (κ3) is 3.70. The van der Waals surface area contributed by atoms with E-state index in [0.29, 0.717) is 0 Å². The van der Waals surface area contributed by atoms with E-state index in [-0.39, 0.29) is 0 Å². The number of anilines is 5. The number of nitrogens with zero attached hydrogens (tertiary/aromatic N) is 1. The summed E-state index contributed by atoms with van der Waals surface area (Å²) < 4.78 is 5.95. The molecule has 158 valence electrons. The quantitative estimate of drug-likeness (QED) is 0.298. The van der Waals surface area contributed by atoms with Crippen molar-refractivity contribution in [1.82, 2.24) is 0 Å². The van der Waals surface area contributed by atoms with Gasteiger partial charge in [-0.25, -0.2) is 0 Å². The van der Waals surface area contributed by atoms with Crippen LogP contribution in [0.3, 0.4) is 0 Å². The van der Waals surface area contributed by atoms with E-state index in [1.807, 2.05) is 36.4 Å². The molecule has 0 amide bonds. The molecule has 0 radical (unpaired) electrons. The van der Waals surface area contributed by atoms with Crippen LogP contribution in [0.4, 0.5) is 28.4 Å². The van der Waals surface area contributed by atoms with Crippen LogP contribution in [0.2, 0.25) is 0 Å². The van der Waals surface area contributed by atoms with E-state index in [4.69, 9.17) is 4.42 Å². The molecule has 5 aromatic carbocycles. The van der Waals surface area contributed by atoms with Gasteiger partial charge in [0.15, 0.2) is 0 Å². The van der Waals surface area contributed by atoms with Gasteiger partial charge in [-0.05, 0) is 72.8 Å². The summed E-state index contributed by atoms with van der Waals surface area (Å²) in [6, 6.07) is 43.8. The minimum Gasteiger partial charge on any atom is -0.456 e. The summed E-state index contributed by atoms with van der Waals surface area (Å²) in [5.74, 6) is 0. The van der Waals surface area contributed by atoms with Gasteiger partial charge in [-0.1, -0.05) is 54.6 Å². The lowest BCUT2D eigenvalue weighted by Gasteiger charge is -2.25. The maximum atomic E-state index is 5.95. The molecule has 0 atom stereocenters.